The van der Waals surface area contributed by atoms with Crippen molar-refractivity contribution in [2.24, 2.45) is 0 Å². The number of hydrogen-bond acceptors (Lipinski definition) is 1. The Bertz CT molecular complexity index is 3170. The monoisotopic (exact) mass is 698 g/mol. The molecule has 55 heavy (non-hydrogen) atoms. The van der Waals surface area contributed by atoms with Gasteiger partial charge < -0.3 is 0 Å². The molecule has 10 aromatic carbocycles. The maximum absolute atomic E-state index is 5.08. The molecule has 0 atom stereocenters. The lowest BCUT2D eigenvalue weighted by molar-refractivity contribution is 1.10. The minimum Gasteiger partial charge on any atom is -0.292 e. The van der Waals surface area contributed by atoms with E-state index in [1.807, 2.05) is 0 Å². The number of fused-ring (bicyclic) bond motifs is 6. The minimum absolute atomic E-state index is 0.939. The van der Waals surface area contributed by atoms with Crippen LogP contribution in [0.5, 0.6) is 0 Å². The molecular weight excluding hydrogens is 665 g/mol. The molecule has 0 bridgehead atoms. The number of imidazole rings is 1. The van der Waals surface area contributed by atoms with E-state index in [4.69, 9.17) is 4.98 Å². The molecule has 0 aliphatic rings. The van der Waals surface area contributed by atoms with Gasteiger partial charge in [-0.2, -0.15) is 0 Å². The fourth-order valence-electron chi connectivity index (χ4n) is 8.71. The Balaban J connectivity index is 1.10. The van der Waals surface area contributed by atoms with Gasteiger partial charge in [0.15, 0.2) is 0 Å². The summed E-state index contributed by atoms with van der Waals surface area (Å²) in [6, 6.07) is 74.7. The number of hydrogen-bond donors (Lipinski definition) is 0. The number of aromatic nitrogens is 2. The lowest BCUT2D eigenvalue weighted by atomic mass is 9.85. The van der Waals surface area contributed by atoms with E-state index < -0.39 is 0 Å². The zero-order chi connectivity index (χ0) is 36.3. The summed E-state index contributed by atoms with van der Waals surface area (Å²) < 4.78 is 2.28. The maximum atomic E-state index is 5.08. The first kappa shape index (κ1) is 31.3. The molecular formula is C53H34N2. The lowest BCUT2D eigenvalue weighted by Gasteiger charge is -2.19. The van der Waals surface area contributed by atoms with Gasteiger partial charge in [-0.15, -0.1) is 0 Å². The third-order valence-corrected chi connectivity index (χ3v) is 11.2. The van der Waals surface area contributed by atoms with E-state index in [0.717, 1.165) is 28.1 Å². The van der Waals surface area contributed by atoms with Gasteiger partial charge in [-0.1, -0.05) is 170 Å². The third kappa shape index (κ3) is 5.07. The van der Waals surface area contributed by atoms with Crippen molar-refractivity contribution < 1.29 is 0 Å². The van der Waals surface area contributed by atoms with E-state index in [1.54, 1.807) is 0 Å². The second kappa shape index (κ2) is 12.7. The van der Waals surface area contributed by atoms with Crippen molar-refractivity contribution >= 4 is 54.1 Å². The van der Waals surface area contributed by atoms with E-state index in [1.165, 1.54) is 76.5 Å². The fraction of sp³-hybridized carbons (Fsp3) is 0. The van der Waals surface area contributed by atoms with Crippen LogP contribution in [-0.2, 0) is 0 Å². The first-order valence-electron chi connectivity index (χ1n) is 18.9. The highest BCUT2D eigenvalue weighted by molar-refractivity contribution is 6.22. The summed E-state index contributed by atoms with van der Waals surface area (Å²) in [6.07, 6.45) is 0. The molecule has 0 aliphatic heterocycles. The Morgan fingerprint density at radius 1 is 0.327 bits per heavy atom. The summed E-state index contributed by atoms with van der Waals surface area (Å²) >= 11 is 0. The van der Waals surface area contributed by atoms with E-state index in [2.05, 4.69) is 211 Å². The van der Waals surface area contributed by atoms with Crippen LogP contribution in [0.1, 0.15) is 0 Å². The molecule has 0 fully saturated rings. The molecule has 2 nitrogen and oxygen atoms in total. The quantitative estimate of drug-likeness (QED) is 0.129. The molecule has 0 radical (unpaired) electrons. The average molecular weight is 699 g/mol. The molecule has 1 heterocycles. The van der Waals surface area contributed by atoms with Crippen LogP contribution in [0, 0.1) is 0 Å². The Labute approximate surface area is 319 Å². The van der Waals surface area contributed by atoms with Crippen LogP contribution in [-0.4, -0.2) is 9.55 Å². The van der Waals surface area contributed by atoms with Gasteiger partial charge in [0.05, 0.1) is 11.0 Å². The zero-order valence-corrected chi connectivity index (χ0v) is 30.0. The summed E-state index contributed by atoms with van der Waals surface area (Å²) in [7, 11) is 0. The van der Waals surface area contributed by atoms with Crippen LogP contribution in [0.2, 0.25) is 0 Å². The summed E-state index contributed by atoms with van der Waals surface area (Å²) in [5.74, 6) is 0.939. The Morgan fingerprint density at radius 2 is 0.836 bits per heavy atom. The van der Waals surface area contributed by atoms with E-state index in [0.29, 0.717) is 0 Å². The summed E-state index contributed by atoms with van der Waals surface area (Å²) in [4.78, 5) is 5.08. The number of benzene rings is 10. The maximum Gasteiger partial charge on any atom is 0.145 e. The molecule has 11 rings (SSSR count). The molecule has 0 N–H and O–H groups in total. The van der Waals surface area contributed by atoms with E-state index >= 15 is 0 Å². The molecule has 1 aromatic heterocycles. The smallest absolute Gasteiger partial charge is 0.145 e. The number of rotatable bonds is 5. The van der Waals surface area contributed by atoms with E-state index in [-0.39, 0.29) is 0 Å². The van der Waals surface area contributed by atoms with Gasteiger partial charge in [-0.25, -0.2) is 4.98 Å². The highest BCUT2D eigenvalue weighted by Gasteiger charge is 2.19. The molecule has 2 heteroatoms. The SMILES string of the molecule is c1ccc(-c2cc3ccc(-c4c5ccccc5c(-c5ccc(-n6c(-c7ccccc7)nc7ccccc76)cc5)c5ccccc45)cc3c3ccccc23)cc1. The zero-order valence-electron chi connectivity index (χ0n) is 30.0. The van der Waals surface area contributed by atoms with Gasteiger partial charge >= 0.3 is 0 Å². The van der Waals surface area contributed by atoms with Crippen molar-refractivity contribution in [3.63, 3.8) is 0 Å². The Kier molecular flexibility index (Phi) is 7.21. The molecule has 11 aromatic rings. The lowest BCUT2D eigenvalue weighted by Crippen LogP contribution is -1.98. The van der Waals surface area contributed by atoms with Crippen molar-refractivity contribution in [2.75, 3.05) is 0 Å². The largest absolute Gasteiger partial charge is 0.292 e. The van der Waals surface area contributed by atoms with Gasteiger partial charge in [0, 0.05) is 11.3 Å². The number of para-hydroxylation sites is 2. The summed E-state index contributed by atoms with van der Waals surface area (Å²) in [5, 5.41) is 10.0. The highest BCUT2D eigenvalue weighted by atomic mass is 15.1. The van der Waals surface area contributed by atoms with Gasteiger partial charge in [-0.05, 0) is 113 Å². The normalized spacial score (nSPS) is 11.6. The third-order valence-electron chi connectivity index (χ3n) is 11.2. The Morgan fingerprint density at radius 3 is 1.49 bits per heavy atom. The standard InChI is InChI=1S/C53H34N2/c1-3-15-35(16-4-1)47-33-38-27-28-39(34-48(38)42-20-8-7-19-41(42)47)52-45-23-11-9-21-43(45)51(44-22-10-12-24-46(44)52)36-29-31-40(32-30-36)55-50-26-14-13-25-49(50)54-53(55)37-17-5-2-6-18-37/h1-34H. The second-order valence-electron chi connectivity index (χ2n) is 14.3. The van der Waals surface area contributed by atoms with Gasteiger partial charge in [-0.3, -0.25) is 4.57 Å². The molecule has 256 valence electrons. The molecule has 0 saturated heterocycles. The van der Waals surface area contributed by atoms with Crippen LogP contribution in [0.25, 0.3) is 105 Å². The van der Waals surface area contributed by atoms with Crippen LogP contribution < -0.4 is 0 Å². The van der Waals surface area contributed by atoms with Crippen LogP contribution in [0.4, 0.5) is 0 Å². The van der Waals surface area contributed by atoms with Gasteiger partial charge in [0.25, 0.3) is 0 Å². The first-order chi connectivity index (χ1) is 27.3. The highest BCUT2D eigenvalue weighted by Crippen LogP contribution is 2.45. The predicted molar refractivity (Wildman–Crippen MR) is 233 cm³/mol. The molecule has 0 amide bonds. The van der Waals surface area contributed by atoms with Crippen molar-refractivity contribution in [3.05, 3.63) is 206 Å². The van der Waals surface area contributed by atoms with Crippen molar-refractivity contribution in [1.29, 1.82) is 0 Å². The molecule has 0 spiro atoms. The summed E-state index contributed by atoms with van der Waals surface area (Å²) in [6.45, 7) is 0. The Hall–Kier alpha value is -7.29. The second-order valence-corrected chi connectivity index (χ2v) is 14.3. The van der Waals surface area contributed by atoms with E-state index in [9.17, 15) is 0 Å². The topological polar surface area (TPSA) is 17.8 Å². The van der Waals surface area contributed by atoms with Crippen molar-refractivity contribution in [1.82, 2.24) is 9.55 Å². The fourth-order valence-corrected chi connectivity index (χ4v) is 8.71. The summed E-state index contributed by atoms with van der Waals surface area (Å²) in [5.41, 5.74) is 11.7. The van der Waals surface area contributed by atoms with Gasteiger partial charge in [0.1, 0.15) is 5.82 Å². The average Bonchev–Trinajstić information content (AvgIpc) is 3.66. The number of nitrogens with zero attached hydrogens (tertiary/aromatic N) is 2. The van der Waals surface area contributed by atoms with Gasteiger partial charge in [0.2, 0.25) is 0 Å². The van der Waals surface area contributed by atoms with Crippen LogP contribution >= 0.6 is 0 Å². The van der Waals surface area contributed by atoms with Crippen LogP contribution in [0.3, 0.4) is 0 Å². The van der Waals surface area contributed by atoms with Crippen molar-refractivity contribution in [2.45, 2.75) is 0 Å². The predicted octanol–water partition coefficient (Wildman–Crippen LogP) is 14.3. The van der Waals surface area contributed by atoms with Crippen molar-refractivity contribution in [3.8, 4) is 50.5 Å². The van der Waals surface area contributed by atoms with Crippen LogP contribution in [0.15, 0.2) is 206 Å². The molecule has 0 saturated carbocycles. The first-order valence-corrected chi connectivity index (χ1v) is 18.9. The minimum atomic E-state index is 0.939. The molecule has 0 aliphatic carbocycles. The molecule has 0 unspecified atom stereocenters.